The molecule has 14 heavy (non-hydrogen) atoms. The van der Waals surface area contributed by atoms with E-state index < -0.39 is 5.60 Å². The normalized spacial score (nSPS) is 19.2. The van der Waals surface area contributed by atoms with Crippen molar-refractivity contribution >= 4 is 11.8 Å². The zero-order chi connectivity index (χ0) is 10.3. The molecule has 1 aliphatic rings. The highest BCUT2D eigenvalue weighted by molar-refractivity contribution is 5.47. The van der Waals surface area contributed by atoms with Crippen LogP contribution in [0.2, 0.25) is 0 Å². The number of nitrogens with two attached hydrogens (primary N) is 1. The van der Waals surface area contributed by atoms with E-state index in [0.717, 1.165) is 11.5 Å². The van der Waals surface area contributed by atoms with E-state index in [1.165, 1.54) is 0 Å². The lowest BCUT2D eigenvalue weighted by Crippen LogP contribution is -2.60. The molecule has 5 nitrogen and oxygen atoms in total. The van der Waals surface area contributed by atoms with Gasteiger partial charge in [-0.1, -0.05) is 0 Å². The Morgan fingerprint density at radius 3 is 2.64 bits per heavy atom. The van der Waals surface area contributed by atoms with Gasteiger partial charge in [0.1, 0.15) is 5.82 Å². The first-order chi connectivity index (χ1) is 6.46. The Bertz CT molecular complexity index is 336. The average molecular weight is 194 g/mol. The molecule has 1 saturated heterocycles. The minimum Gasteiger partial charge on any atom is -0.386 e. The van der Waals surface area contributed by atoms with Crippen LogP contribution in [0.4, 0.5) is 11.8 Å². The highest BCUT2D eigenvalue weighted by Crippen LogP contribution is 2.26. The first-order valence-electron chi connectivity index (χ1n) is 4.55. The number of anilines is 2. The number of nitrogen functional groups attached to an aromatic ring is 1. The average Bonchev–Trinajstić information content (AvgIpc) is 1.97. The number of β-amino-alcohol motifs (C(OH)–C–C–N with tert-alkyl or cyclic N) is 1. The third-order valence-corrected chi connectivity index (χ3v) is 2.24. The lowest BCUT2D eigenvalue weighted by atomic mass is 9.97. The first-order valence-corrected chi connectivity index (χ1v) is 4.55. The molecule has 5 heteroatoms. The van der Waals surface area contributed by atoms with Crippen molar-refractivity contribution in [3.05, 3.63) is 11.8 Å². The summed E-state index contributed by atoms with van der Waals surface area (Å²) >= 11 is 0. The Kier molecular flexibility index (Phi) is 1.85. The topological polar surface area (TPSA) is 75.3 Å². The molecule has 0 aromatic carbocycles. The van der Waals surface area contributed by atoms with Crippen LogP contribution in [-0.2, 0) is 0 Å². The van der Waals surface area contributed by atoms with Gasteiger partial charge in [0.2, 0.25) is 5.95 Å². The van der Waals surface area contributed by atoms with E-state index >= 15 is 0 Å². The quantitative estimate of drug-likeness (QED) is 0.655. The monoisotopic (exact) mass is 194 g/mol. The summed E-state index contributed by atoms with van der Waals surface area (Å²) in [5, 5.41) is 9.57. The minimum absolute atomic E-state index is 0.284. The summed E-state index contributed by atoms with van der Waals surface area (Å²) in [6, 6.07) is 1.87. The molecule has 1 aliphatic heterocycles. The maximum absolute atomic E-state index is 9.57. The van der Waals surface area contributed by atoms with Gasteiger partial charge < -0.3 is 15.7 Å². The molecule has 0 radical (unpaired) electrons. The second-order valence-electron chi connectivity index (χ2n) is 4.08. The van der Waals surface area contributed by atoms with Crippen molar-refractivity contribution in [2.75, 3.05) is 23.7 Å². The van der Waals surface area contributed by atoms with Crippen molar-refractivity contribution in [3.63, 3.8) is 0 Å². The minimum atomic E-state index is -0.590. The third kappa shape index (κ3) is 1.63. The largest absolute Gasteiger partial charge is 0.386 e. The number of aliphatic hydroxyl groups is 1. The number of hydrogen-bond acceptors (Lipinski definition) is 5. The van der Waals surface area contributed by atoms with Crippen LogP contribution in [0.3, 0.4) is 0 Å². The summed E-state index contributed by atoms with van der Waals surface area (Å²) in [6.07, 6.45) is 0. The molecule has 1 aromatic heterocycles. The summed E-state index contributed by atoms with van der Waals surface area (Å²) in [7, 11) is 0. The highest BCUT2D eigenvalue weighted by atomic mass is 16.3. The van der Waals surface area contributed by atoms with Gasteiger partial charge in [-0.2, -0.15) is 4.98 Å². The summed E-state index contributed by atoms with van der Waals surface area (Å²) < 4.78 is 0. The molecule has 0 spiro atoms. The Hall–Kier alpha value is -1.36. The van der Waals surface area contributed by atoms with Gasteiger partial charge in [-0.15, -0.1) is 0 Å². The number of aryl methyl sites for hydroxylation is 1. The Morgan fingerprint density at radius 1 is 1.50 bits per heavy atom. The van der Waals surface area contributed by atoms with Crippen LogP contribution >= 0.6 is 0 Å². The van der Waals surface area contributed by atoms with Gasteiger partial charge in [0.25, 0.3) is 0 Å². The number of aromatic nitrogens is 2. The molecule has 0 amide bonds. The highest BCUT2D eigenvalue weighted by Gasteiger charge is 2.37. The first kappa shape index (κ1) is 9.21. The molecule has 1 aromatic rings. The molecule has 0 aliphatic carbocycles. The van der Waals surface area contributed by atoms with Gasteiger partial charge in [-0.25, -0.2) is 4.98 Å². The van der Waals surface area contributed by atoms with Crippen LogP contribution in [0.1, 0.15) is 12.6 Å². The molecule has 2 rings (SSSR count). The third-order valence-electron chi connectivity index (χ3n) is 2.24. The molecule has 3 N–H and O–H groups in total. The molecule has 1 fully saturated rings. The standard InChI is InChI=1S/C9H14N4O/c1-6-3-7(12-8(10)11-6)13-4-9(2,14)5-13/h3,14H,4-5H2,1-2H3,(H2,10,11,12). The lowest BCUT2D eigenvalue weighted by Gasteiger charge is -2.44. The van der Waals surface area contributed by atoms with E-state index in [2.05, 4.69) is 9.97 Å². The Morgan fingerprint density at radius 2 is 2.14 bits per heavy atom. The van der Waals surface area contributed by atoms with Crippen LogP contribution < -0.4 is 10.6 Å². The van der Waals surface area contributed by atoms with Crippen molar-refractivity contribution in [2.45, 2.75) is 19.4 Å². The van der Waals surface area contributed by atoms with E-state index in [1.54, 1.807) is 6.92 Å². The fraction of sp³-hybridized carbons (Fsp3) is 0.556. The zero-order valence-electron chi connectivity index (χ0n) is 8.36. The molecule has 0 bridgehead atoms. The Balaban J connectivity index is 2.18. The van der Waals surface area contributed by atoms with E-state index in [1.807, 2.05) is 17.9 Å². The number of rotatable bonds is 1. The van der Waals surface area contributed by atoms with Crippen molar-refractivity contribution in [1.82, 2.24) is 9.97 Å². The predicted octanol–water partition coefficient (Wildman–Crippen LogP) is -0.0618. The molecule has 76 valence electrons. The van der Waals surface area contributed by atoms with Crippen LogP contribution in [-0.4, -0.2) is 33.8 Å². The number of hydrogen-bond donors (Lipinski definition) is 2. The maximum Gasteiger partial charge on any atom is 0.222 e. The predicted molar refractivity (Wildman–Crippen MR) is 54.0 cm³/mol. The number of nitrogens with zero attached hydrogens (tertiary/aromatic N) is 3. The van der Waals surface area contributed by atoms with Crippen LogP contribution in [0, 0.1) is 6.92 Å². The van der Waals surface area contributed by atoms with Crippen molar-refractivity contribution in [3.8, 4) is 0 Å². The van der Waals surface area contributed by atoms with Gasteiger partial charge in [0.15, 0.2) is 0 Å². The molecule has 0 atom stereocenters. The van der Waals surface area contributed by atoms with Crippen LogP contribution in [0.15, 0.2) is 6.07 Å². The molecule has 2 heterocycles. The summed E-state index contributed by atoms with van der Waals surface area (Å²) in [5.41, 5.74) is 5.79. The van der Waals surface area contributed by atoms with E-state index in [-0.39, 0.29) is 5.95 Å². The molecular formula is C9H14N4O. The summed E-state index contributed by atoms with van der Waals surface area (Å²) in [5.74, 6) is 1.08. The van der Waals surface area contributed by atoms with Gasteiger partial charge in [0.05, 0.1) is 5.60 Å². The lowest BCUT2D eigenvalue weighted by molar-refractivity contribution is 0.0305. The van der Waals surface area contributed by atoms with Crippen molar-refractivity contribution < 1.29 is 5.11 Å². The fourth-order valence-electron chi connectivity index (χ4n) is 1.67. The van der Waals surface area contributed by atoms with Gasteiger partial charge in [-0.3, -0.25) is 0 Å². The second kappa shape index (κ2) is 2.81. The fourth-order valence-corrected chi connectivity index (χ4v) is 1.67. The van der Waals surface area contributed by atoms with E-state index in [4.69, 9.17) is 5.73 Å². The van der Waals surface area contributed by atoms with E-state index in [0.29, 0.717) is 13.1 Å². The smallest absolute Gasteiger partial charge is 0.222 e. The molecule has 0 unspecified atom stereocenters. The van der Waals surface area contributed by atoms with Crippen LogP contribution in [0.5, 0.6) is 0 Å². The maximum atomic E-state index is 9.57. The Labute approximate surface area is 82.6 Å². The van der Waals surface area contributed by atoms with Gasteiger partial charge in [0, 0.05) is 24.8 Å². The van der Waals surface area contributed by atoms with Crippen LogP contribution in [0.25, 0.3) is 0 Å². The zero-order valence-corrected chi connectivity index (χ0v) is 8.36. The van der Waals surface area contributed by atoms with E-state index in [9.17, 15) is 5.11 Å². The SMILES string of the molecule is Cc1cc(N2CC(C)(O)C2)nc(N)n1. The molecular weight excluding hydrogens is 180 g/mol. The molecule has 0 saturated carbocycles. The van der Waals surface area contributed by atoms with Crippen molar-refractivity contribution in [1.29, 1.82) is 0 Å². The summed E-state index contributed by atoms with van der Waals surface area (Å²) in [6.45, 7) is 4.88. The summed E-state index contributed by atoms with van der Waals surface area (Å²) in [4.78, 5) is 10.1. The van der Waals surface area contributed by atoms with Crippen molar-refractivity contribution in [2.24, 2.45) is 0 Å². The second-order valence-corrected chi connectivity index (χ2v) is 4.08. The van der Waals surface area contributed by atoms with Gasteiger partial charge >= 0.3 is 0 Å². The van der Waals surface area contributed by atoms with Gasteiger partial charge in [-0.05, 0) is 13.8 Å².